The minimum atomic E-state index is -3.78. The van der Waals surface area contributed by atoms with Gasteiger partial charge in [-0.25, -0.2) is 8.42 Å². The summed E-state index contributed by atoms with van der Waals surface area (Å²) in [6.07, 6.45) is 0. The first-order valence-electron chi connectivity index (χ1n) is 10.4. The Balaban J connectivity index is 2.05. The second-order valence-corrected chi connectivity index (χ2v) is 9.88. The van der Waals surface area contributed by atoms with Crippen molar-refractivity contribution in [3.8, 4) is 22.3 Å². The van der Waals surface area contributed by atoms with E-state index in [0.717, 1.165) is 44.5 Å². The summed E-state index contributed by atoms with van der Waals surface area (Å²) in [4.78, 5) is 0.699. The minimum absolute atomic E-state index is 0.349. The van der Waals surface area contributed by atoms with Gasteiger partial charge < -0.3 is 0 Å². The van der Waals surface area contributed by atoms with E-state index in [4.69, 9.17) is 0 Å². The Morgan fingerprint density at radius 1 is 0.484 bits per heavy atom. The quantitative estimate of drug-likeness (QED) is 0.349. The Morgan fingerprint density at radius 2 is 0.839 bits per heavy atom. The van der Waals surface area contributed by atoms with Crippen molar-refractivity contribution in [2.24, 2.45) is 0 Å². The minimum Gasteiger partial charge on any atom is -0.218 e. The van der Waals surface area contributed by atoms with E-state index in [2.05, 4.69) is 0 Å². The van der Waals surface area contributed by atoms with E-state index >= 15 is 0 Å². The molecule has 0 saturated carbocycles. The molecule has 0 heterocycles. The van der Waals surface area contributed by atoms with Gasteiger partial charge in [-0.2, -0.15) is 0 Å². The molecule has 0 aromatic heterocycles. The maximum Gasteiger partial charge on any atom is 0.207 e. The Kier molecular flexibility index (Phi) is 5.55. The van der Waals surface area contributed by atoms with E-state index in [9.17, 15) is 8.42 Å². The van der Waals surface area contributed by atoms with E-state index < -0.39 is 9.84 Å². The summed E-state index contributed by atoms with van der Waals surface area (Å²) in [5, 5.41) is 0. The Morgan fingerprint density at radius 3 is 1.19 bits per heavy atom. The second-order valence-electron chi connectivity index (χ2n) is 8.00. The van der Waals surface area contributed by atoms with Gasteiger partial charge >= 0.3 is 0 Å². The molecule has 0 radical (unpaired) electrons. The van der Waals surface area contributed by atoms with Gasteiger partial charge in [0.2, 0.25) is 9.84 Å². The monoisotopic (exact) mass is 426 g/mol. The zero-order valence-corrected chi connectivity index (χ0v) is 19.1. The lowest BCUT2D eigenvalue weighted by Gasteiger charge is -2.19. The Labute approximate surface area is 185 Å². The third-order valence-electron chi connectivity index (χ3n) is 6.10. The van der Waals surface area contributed by atoms with Gasteiger partial charge in [-0.1, -0.05) is 72.8 Å². The van der Waals surface area contributed by atoms with Crippen LogP contribution in [0.1, 0.15) is 22.3 Å². The maximum atomic E-state index is 14.1. The predicted octanol–water partition coefficient (Wildman–Crippen LogP) is 7.09. The van der Waals surface area contributed by atoms with Crippen LogP contribution in [0.5, 0.6) is 0 Å². The van der Waals surface area contributed by atoms with Crippen molar-refractivity contribution in [3.63, 3.8) is 0 Å². The molecule has 156 valence electrons. The van der Waals surface area contributed by atoms with Crippen LogP contribution in [0.4, 0.5) is 0 Å². The van der Waals surface area contributed by atoms with Gasteiger partial charge in [-0.15, -0.1) is 0 Å². The molecule has 31 heavy (non-hydrogen) atoms. The number of rotatable bonds is 4. The Bertz CT molecular complexity index is 1250. The summed E-state index contributed by atoms with van der Waals surface area (Å²) in [6, 6.07) is 26.9. The molecule has 0 unspecified atom stereocenters. The molecule has 2 nitrogen and oxygen atoms in total. The summed E-state index contributed by atoms with van der Waals surface area (Å²) < 4.78 is 28.3. The maximum absolute atomic E-state index is 14.1. The fraction of sp³-hybridized carbons (Fsp3) is 0.143. The van der Waals surface area contributed by atoms with E-state index in [0.29, 0.717) is 9.79 Å². The van der Waals surface area contributed by atoms with Crippen LogP contribution in [0, 0.1) is 27.7 Å². The van der Waals surface area contributed by atoms with Crippen LogP contribution in [0.25, 0.3) is 22.3 Å². The molecule has 0 bridgehead atoms. The molecular weight excluding hydrogens is 400 g/mol. The first-order chi connectivity index (χ1) is 14.8. The molecule has 0 saturated heterocycles. The van der Waals surface area contributed by atoms with E-state index in [1.165, 1.54) is 0 Å². The van der Waals surface area contributed by atoms with Crippen molar-refractivity contribution in [2.75, 3.05) is 0 Å². The molecule has 3 heteroatoms. The van der Waals surface area contributed by atoms with E-state index in [-0.39, 0.29) is 0 Å². The smallest absolute Gasteiger partial charge is 0.207 e. The summed E-state index contributed by atoms with van der Waals surface area (Å²) in [7, 11) is -3.78. The zero-order chi connectivity index (χ0) is 22.2. The normalized spacial score (nSPS) is 11.5. The Hall–Kier alpha value is -3.17. The third-order valence-corrected chi connectivity index (χ3v) is 7.94. The molecule has 0 atom stereocenters. The van der Waals surface area contributed by atoms with Crippen molar-refractivity contribution >= 4 is 9.84 Å². The number of benzene rings is 4. The summed E-state index contributed by atoms with van der Waals surface area (Å²) in [5.74, 6) is 0. The van der Waals surface area contributed by atoms with Crippen LogP contribution < -0.4 is 0 Å². The fourth-order valence-electron chi connectivity index (χ4n) is 4.08. The van der Waals surface area contributed by atoms with Crippen LogP contribution >= 0.6 is 0 Å². The summed E-state index contributed by atoms with van der Waals surface area (Å²) >= 11 is 0. The standard InChI is InChI=1S/C28H26O2S/c1-19-15-17-25(27(21(19)3)23-11-7-5-8-12-23)31(29,30)26-18-16-20(2)22(4)28(26)24-13-9-6-10-14-24/h5-18H,1-4H3. The van der Waals surface area contributed by atoms with Crippen LogP contribution in [0.15, 0.2) is 94.7 Å². The molecule has 0 fully saturated rings. The second kappa shape index (κ2) is 8.16. The topological polar surface area (TPSA) is 34.1 Å². The van der Waals surface area contributed by atoms with Crippen molar-refractivity contribution < 1.29 is 8.42 Å². The highest BCUT2D eigenvalue weighted by Gasteiger charge is 2.28. The molecule has 0 aliphatic carbocycles. The molecule has 0 aliphatic heterocycles. The largest absolute Gasteiger partial charge is 0.218 e. The van der Waals surface area contributed by atoms with E-state index in [1.54, 1.807) is 12.1 Å². The zero-order valence-electron chi connectivity index (χ0n) is 18.3. The highest BCUT2D eigenvalue weighted by molar-refractivity contribution is 7.91. The number of hydrogen-bond donors (Lipinski definition) is 0. The van der Waals surface area contributed by atoms with Crippen molar-refractivity contribution in [2.45, 2.75) is 37.5 Å². The number of aryl methyl sites for hydroxylation is 2. The van der Waals surface area contributed by atoms with Gasteiger partial charge in [0.05, 0.1) is 9.79 Å². The number of sulfone groups is 1. The SMILES string of the molecule is Cc1ccc(S(=O)(=O)c2ccc(C)c(C)c2-c2ccccc2)c(-c2ccccc2)c1C. The van der Waals surface area contributed by atoms with Gasteiger partial charge in [-0.3, -0.25) is 0 Å². The van der Waals surface area contributed by atoms with Gasteiger partial charge in [0.1, 0.15) is 0 Å². The average molecular weight is 427 g/mol. The van der Waals surface area contributed by atoms with Gasteiger partial charge in [0.25, 0.3) is 0 Å². The average Bonchev–Trinajstić information content (AvgIpc) is 2.78. The molecule has 0 N–H and O–H groups in total. The first kappa shape index (κ1) is 21.1. The first-order valence-corrected chi connectivity index (χ1v) is 11.9. The molecule has 4 rings (SSSR count). The molecular formula is C28H26O2S. The van der Waals surface area contributed by atoms with Crippen molar-refractivity contribution in [3.05, 3.63) is 107 Å². The van der Waals surface area contributed by atoms with Gasteiger partial charge in [0.15, 0.2) is 0 Å². The predicted molar refractivity (Wildman–Crippen MR) is 128 cm³/mol. The molecule has 4 aromatic rings. The molecule has 4 aromatic carbocycles. The lowest BCUT2D eigenvalue weighted by Crippen LogP contribution is -2.09. The highest BCUT2D eigenvalue weighted by atomic mass is 32.2. The van der Waals surface area contributed by atoms with Crippen molar-refractivity contribution in [1.29, 1.82) is 0 Å². The lowest BCUT2D eigenvalue weighted by atomic mass is 9.97. The van der Waals surface area contributed by atoms with Gasteiger partial charge in [-0.05, 0) is 73.2 Å². The molecule has 0 spiro atoms. The third kappa shape index (κ3) is 3.70. The molecule has 0 aliphatic rings. The fourth-order valence-corrected chi connectivity index (χ4v) is 5.89. The number of hydrogen-bond acceptors (Lipinski definition) is 2. The van der Waals surface area contributed by atoms with Crippen LogP contribution in [0.3, 0.4) is 0 Å². The lowest BCUT2D eigenvalue weighted by molar-refractivity contribution is 0.596. The van der Waals surface area contributed by atoms with Crippen LogP contribution in [-0.2, 0) is 9.84 Å². The van der Waals surface area contributed by atoms with Crippen LogP contribution in [0.2, 0.25) is 0 Å². The van der Waals surface area contributed by atoms with E-state index in [1.807, 2.05) is 100 Å². The highest BCUT2D eigenvalue weighted by Crippen LogP contribution is 2.40. The summed E-state index contributed by atoms with van der Waals surface area (Å²) in [5.41, 5.74) is 7.48. The van der Waals surface area contributed by atoms with Crippen molar-refractivity contribution in [1.82, 2.24) is 0 Å². The van der Waals surface area contributed by atoms with Crippen LogP contribution in [-0.4, -0.2) is 8.42 Å². The molecule has 0 amide bonds. The summed E-state index contributed by atoms with van der Waals surface area (Å²) in [6.45, 7) is 8.03. The van der Waals surface area contributed by atoms with Gasteiger partial charge in [0, 0.05) is 11.1 Å².